The number of para-hydroxylation sites is 2. The van der Waals surface area contributed by atoms with Gasteiger partial charge in [0.15, 0.2) is 0 Å². The Morgan fingerprint density at radius 2 is 1.35 bits per heavy atom. The van der Waals surface area contributed by atoms with Crippen molar-refractivity contribution in [2.75, 3.05) is 4.90 Å². The highest BCUT2D eigenvalue weighted by atomic mass is 16.4. The molecule has 0 aliphatic carbocycles. The van der Waals surface area contributed by atoms with Gasteiger partial charge in [-0.25, -0.2) is 4.79 Å². The largest absolute Gasteiger partial charge is 0.477 e. The maximum Gasteiger partial charge on any atom is 0.346 e. The van der Waals surface area contributed by atoms with Crippen molar-refractivity contribution < 1.29 is 9.90 Å². The third-order valence-electron chi connectivity index (χ3n) is 4.82. The Kier molecular flexibility index (Phi) is 5.64. The van der Waals surface area contributed by atoms with Gasteiger partial charge < -0.3 is 15.0 Å². The van der Waals surface area contributed by atoms with Crippen LogP contribution < -0.4 is 4.90 Å². The molecule has 0 bridgehead atoms. The van der Waals surface area contributed by atoms with E-state index in [1.165, 1.54) is 6.08 Å². The van der Waals surface area contributed by atoms with Crippen molar-refractivity contribution in [2.24, 2.45) is 0 Å². The number of rotatable bonds is 6. The first-order valence-electron chi connectivity index (χ1n) is 9.70. The molecule has 31 heavy (non-hydrogen) atoms. The summed E-state index contributed by atoms with van der Waals surface area (Å²) in [6.07, 6.45) is 1.33. The zero-order valence-corrected chi connectivity index (χ0v) is 16.6. The van der Waals surface area contributed by atoms with Crippen LogP contribution in [0.4, 0.5) is 17.1 Å². The van der Waals surface area contributed by atoms with Crippen molar-refractivity contribution in [3.05, 3.63) is 108 Å². The highest BCUT2D eigenvalue weighted by Gasteiger charge is 2.12. The van der Waals surface area contributed by atoms with Crippen molar-refractivity contribution in [3.63, 3.8) is 0 Å². The molecule has 0 radical (unpaired) electrons. The Hall–Kier alpha value is -4.56. The summed E-state index contributed by atoms with van der Waals surface area (Å²) in [6, 6.07) is 33.7. The van der Waals surface area contributed by atoms with E-state index in [2.05, 4.69) is 34.1 Å². The number of aromatic amines is 1. The molecule has 0 unspecified atom stereocenters. The standard InChI is InChI=1S/C26H19N3O2/c27-18-20(26(30)31)17-21-13-16-25(28-21)19-11-14-24(15-12-19)29(22-7-3-1-4-8-22)23-9-5-2-6-10-23/h1-17,28H,(H,30,31)/b20-17+. The van der Waals surface area contributed by atoms with Gasteiger partial charge in [-0.15, -0.1) is 0 Å². The molecular weight excluding hydrogens is 386 g/mol. The quantitative estimate of drug-likeness (QED) is 0.298. The number of nitriles is 1. The van der Waals surface area contributed by atoms with E-state index in [9.17, 15) is 4.79 Å². The molecule has 3 aromatic carbocycles. The van der Waals surface area contributed by atoms with E-state index in [4.69, 9.17) is 10.4 Å². The van der Waals surface area contributed by atoms with E-state index in [0.717, 1.165) is 28.3 Å². The van der Waals surface area contributed by atoms with Gasteiger partial charge in [0.1, 0.15) is 11.6 Å². The average Bonchev–Trinajstić information content (AvgIpc) is 3.28. The summed E-state index contributed by atoms with van der Waals surface area (Å²) in [5, 5.41) is 18.0. The van der Waals surface area contributed by atoms with Crippen LogP contribution in [-0.4, -0.2) is 16.1 Å². The molecule has 0 aliphatic rings. The first kappa shape index (κ1) is 19.7. The SMILES string of the molecule is N#C/C(=C\c1ccc(-c2ccc(N(c3ccccc3)c3ccccc3)cc2)[nH]1)C(=O)O. The molecule has 0 saturated heterocycles. The minimum atomic E-state index is -1.25. The second kappa shape index (κ2) is 8.85. The molecule has 1 aromatic heterocycles. The van der Waals surface area contributed by atoms with Crippen LogP contribution in [0, 0.1) is 11.3 Å². The van der Waals surface area contributed by atoms with Crippen LogP contribution in [0.2, 0.25) is 0 Å². The number of carbonyl (C=O) groups is 1. The number of nitrogens with zero attached hydrogens (tertiary/aromatic N) is 2. The summed E-state index contributed by atoms with van der Waals surface area (Å²) in [4.78, 5) is 16.4. The van der Waals surface area contributed by atoms with Crippen LogP contribution >= 0.6 is 0 Å². The van der Waals surface area contributed by atoms with Crippen LogP contribution in [0.1, 0.15) is 5.69 Å². The van der Waals surface area contributed by atoms with Gasteiger partial charge in [-0.1, -0.05) is 48.5 Å². The van der Waals surface area contributed by atoms with Crippen LogP contribution in [0.25, 0.3) is 17.3 Å². The highest BCUT2D eigenvalue weighted by Crippen LogP contribution is 2.35. The Balaban J connectivity index is 1.66. The smallest absolute Gasteiger partial charge is 0.346 e. The van der Waals surface area contributed by atoms with E-state index in [1.54, 1.807) is 12.1 Å². The Bertz CT molecular complexity index is 1210. The third kappa shape index (κ3) is 4.39. The minimum absolute atomic E-state index is 0.315. The molecular formula is C26H19N3O2. The normalized spacial score (nSPS) is 11.0. The van der Waals surface area contributed by atoms with E-state index < -0.39 is 5.97 Å². The monoisotopic (exact) mass is 405 g/mol. The van der Waals surface area contributed by atoms with Crippen LogP contribution in [0.5, 0.6) is 0 Å². The summed E-state index contributed by atoms with van der Waals surface area (Å²) >= 11 is 0. The van der Waals surface area contributed by atoms with Crippen molar-refractivity contribution >= 4 is 29.1 Å². The Morgan fingerprint density at radius 3 is 1.87 bits per heavy atom. The number of hydrogen-bond donors (Lipinski definition) is 2. The first-order valence-corrected chi connectivity index (χ1v) is 9.70. The molecule has 4 rings (SSSR count). The van der Waals surface area contributed by atoms with Crippen molar-refractivity contribution in [1.29, 1.82) is 5.26 Å². The molecule has 0 saturated carbocycles. The second-order valence-electron chi connectivity index (χ2n) is 6.86. The van der Waals surface area contributed by atoms with Gasteiger partial charge in [0.25, 0.3) is 0 Å². The van der Waals surface area contributed by atoms with E-state index >= 15 is 0 Å². The average molecular weight is 405 g/mol. The first-order chi connectivity index (χ1) is 15.2. The van der Waals surface area contributed by atoms with Gasteiger partial charge >= 0.3 is 5.97 Å². The predicted molar refractivity (Wildman–Crippen MR) is 122 cm³/mol. The fraction of sp³-hybridized carbons (Fsp3) is 0. The Labute approximate surface area is 180 Å². The summed E-state index contributed by atoms with van der Waals surface area (Å²) in [5.74, 6) is -1.25. The summed E-state index contributed by atoms with van der Waals surface area (Å²) < 4.78 is 0. The summed E-state index contributed by atoms with van der Waals surface area (Å²) in [7, 11) is 0. The maximum atomic E-state index is 11.0. The lowest BCUT2D eigenvalue weighted by molar-refractivity contribution is -0.132. The van der Waals surface area contributed by atoms with E-state index in [-0.39, 0.29) is 5.57 Å². The molecule has 0 aliphatic heterocycles. The zero-order valence-electron chi connectivity index (χ0n) is 16.6. The van der Waals surface area contributed by atoms with Crippen LogP contribution in [0.3, 0.4) is 0 Å². The van der Waals surface area contributed by atoms with Gasteiger partial charge in [-0.3, -0.25) is 0 Å². The molecule has 0 fully saturated rings. The molecule has 1 heterocycles. The predicted octanol–water partition coefficient (Wildman–Crippen LogP) is 6.14. The lowest BCUT2D eigenvalue weighted by Gasteiger charge is -2.25. The van der Waals surface area contributed by atoms with Gasteiger partial charge in [0, 0.05) is 28.5 Å². The number of hydrogen-bond acceptors (Lipinski definition) is 3. The molecule has 0 spiro atoms. The Morgan fingerprint density at radius 1 is 0.806 bits per heavy atom. The number of anilines is 3. The fourth-order valence-corrected chi connectivity index (χ4v) is 3.35. The summed E-state index contributed by atoms with van der Waals surface area (Å²) in [6.45, 7) is 0. The fourth-order valence-electron chi connectivity index (χ4n) is 3.35. The van der Waals surface area contributed by atoms with E-state index in [1.807, 2.05) is 66.7 Å². The lowest BCUT2D eigenvalue weighted by Crippen LogP contribution is -2.09. The molecule has 150 valence electrons. The molecule has 2 N–H and O–H groups in total. The molecule has 5 heteroatoms. The van der Waals surface area contributed by atoms with Crippen LogP contribution in [0.15, 0.2) is 103 Å². The van der Waals surface area contributed by atoms with Gasteiger partial charge in [-0.2, -0.15) is 5.26 Å². The number of nitrogens with one attached hydrogen (secondary N) is 1. The van der Waals surface area contributed by atoms with Gasteiger partial charge in [0.2, 0.25) is 0 Å². The zero-order chi connectivity index (χ0) is 21.6. The second-order valence-corrected chi connectivity index (χ2v) is 6.86. The van der Waals surface area contributed by atoms with E-state index in [0.29, 0.717) is 5.69 Å². The van der Waals surface area contributed by atoms with Gasteiger partial charge in [0.05, 0.1) is 0 Å². The van der Waals surface area contributed by atoms with Gasteiger partial charge in [-0.05, 0) is 60.2 Å². The number of aliphatic carboxylic acids is 1. The molecule has 0 atom stereocenters. The maximum absolute atomic E-state index is 11.0. The van der Waals surface area contributed by atoms with Crippen molar-refractivity contribution in [2.45, 2.75) is 0 Å². The highest BCUT2D eigenvalue weighted by molar-refractivity contribution is 5.96. The minimum Gasteiger partial charge on any atom is -0.477 e. The van der Waals surface area contributed by atoms with Crippen LogP contribution in [-0.2, 0) is 4.79 Å². The van der Waals surface area contributed by atoms with Crippen molar-refractivity contribution in [3.8, 4) is 17.3 Å². The van der Waals surface area contributed by atoms with Crippen molar-refractivity contribution in [1.82, 2.24) is 4.98 Å². The number of carboxylic acids is 1. The molecule has 0 amide bonds. The number of carboxylic acid groups (broad SMARTS) is 1. The lowest BCUT2D eigenvalue weighted by atomic mass is 10.1. The number of aromatic nitrogens is 1. The molecule has 4 aromatic rings. The number of H-pyrrole nitrogens is 1. The summed E-state index contributed by atoms with van der Waals surface area (Å²) in [5.41, 5.74) is 5.19. The molecule has 5 nitrogen and oxygen atoms in total. The number of benzene rings is 3. The topological polar surface area (TPSA) is 80.1 Å². The third-order valence-corrected chi connectivity index (χ3v) is 4.82.